The lowest BCUT2D eigenvalue weighted by molar-refractivity contribution is -0.139. The highest BCUT2D eigenvalue weighted by Crippen LogP contribution is 2.40. The summed E-state index contributed by atoms with van der Waals surface area (Å²) in [6, 6.07) is 4.47. The molecule has 0 saturated heterocycles. The maximum absolute atomic E-state index is 11.5. The summed E-state index contributed by atoms with van der Waals surface area (Å²) in [6.45, 7) is 0. The van der Waals surface area contributed by atoms with Crippen LogP contribution in [0.2, 0.25) is 5.02 Å². The summed E-state index contributed by atoms with van der Waals surface area (Å²) in [7, 11) is -3.42. The number of rotatable bonds is 5. The number of carboxylic acids is 1. The van der Waals surface area contributed by atoms with E-state index in [-0.39, 0.29) is 34.0 Å². The Kier molecular flexibility index (Phi) is 4.39. The number of Topliss-reactive ketones (excluding diaryl/α,β-unsaturated/α-hetero) is 1. The van der Waals surface area contributed by atoms with Gasteiger partial charge in [0.2, 0.25) is 0 Å². The number of hydrogen-bond acceptors (Lipinski definition) is 4. The molecule has 2 rings (SSSR count). The summed E-state index contributed by atoms with van der Waals surface area (Å²) in [6.07, 6.45) is 1.69. The summed E-state index contributed by atoms with van der Waals surface area (Å²) in [4.78, 5) is 22.2. The highest BCUT2D eigenvalue weighted by atomic mass is 35.5. The molecule has 21 heavy (non-hydrogen) atoms. The topological polar surface area (TPSA) is 88.5 Å². The lowest BCUT2D eigenvalue weighted by Gasteiger charge is -2.32. The maximum Gasteiger partial charge on any atom is 0.303 e. The van der Waals surface area contributed by atoms with Gasteiger partial charge in [0.05, 0.1) is 16.3 Å². The Labute approximate surface area is 127 Å². The van der Waals surface area contributed by atoms with E-state index in [0.29, 0.717) is 18.4 Å². The summed E-state index contributed by atoms with van der Waals surface area (Å²) in [5, 5.41) is 9.10. The van der Waals surface area contributed by atoms with Crippen molar-refractivity contribution in [1.29, 1.82) is 0 Å². The number of aliphatic carboxylic acids is 1. The molecule has 114 valence electrons. The van der Waals surface area contributed by atoms with E-state index in [1.165, 1.54) is 12.1 Å². The van der Waals surface area contributed by atoms with E-state index in [2.05, 4.69) is 0 Å². The highest BCUT2D eigenvalue weighted by molar-refractivity contribution is 7.90. The zero-order valence-electron chi connectivity index (χ0n) is 11.4. The second-order valence-corrected chi connectivity index (χ2v) is 7.76. The molecule has 7 heteroatoms. The summed E-state index contributed by atoms with van der Waals surface area (Å²) in [5.41, 5.74) is 0.660. The van der Waals surface area contributed by atoms with Crippen LogP contribution in [-0.2, 0) is 19.4 Å². The number of benzene rings is 1. The standard InChI is InChI=1S/C14H15ClO5S/c1-21(19,20)13-3-2-8(6-12(13)15)11(7-14(17)18)9-4-10(16)5-9/h2-3,6,9,11H,4-5,7H2,1H3,(H,17,18)/t11-/m0/s1. The van der Waals surface area contributed by atoms with Gasteiger partial charge in [0.25, 0.3) is 0 Å². The quantitative estimate of drug-likeness (QED) is 0.894. The molecule has 0 aliphatic heterocycles. The number of hydrogen-bond donors (Lipinski definition) is 1. The predicted octanol–water partition coefficient (Wildman–Crippen LogP) is 2.28. The third-order valence-corrected chi connectivity index (χ3v) is 5.31. The van der Waals surface area contributed by atoms with Crippen molar-refractivity contribution in [2.45, 2.75) is 30.1 Å². The molecule has 1 aromatic rings. The minimum Gasteiger partial charge on any atom is -0.481 e. The van der Waals surface area contributed by atoms with E-state index < -0.39 is 15.8 Å². The number of ketones is 1. The van der Waals surface area contributed by atoms with E-state index in [0.717, 1.165) is 6.26 Å². The Hall–Kier alpha value is -1.40. The lowest BCUT2D eigenvalue weighted by Crippen LogP contribution is -2.30. The van der Waals surface area contributed by atoms with Crippen molar-refractivity contribution in [3.63, 3.8) is 0 Å². The van der Waals surface area contributed by atoms with Crippen LogP contribution in [-0.4, -0.2) is 31.5 Å². The molecule has 0 unspecified atom stereocenters. The first kappa shape index (κ1) is 16.0. The molecule has 5 nitrogen and oxygen atoms in total. The monoisotopic (exact) mass is 330 g/mol. The maximum atomic E-state index is 11.5. The minimum atomic E-state index is -3.42. The fraction of sp³-hybridized carbons (Fsp3) is 0.429. The van der Waals surface area contributed by atoms with Crippen LogP contribution >= 0.6 is 11.6 Å². The summed E-state index contributed by atoms with van der Waals surface area (Å²) >= 11 is 6.00. The van der Waals surface area contributed by atoms with Gasteiger partial charge in [-0.1, -0.05) is 17.7 Å². The average Bonchev–Trinajstić information content (AvgIpc) is 2.30. The minimum absolute atomic E-state index is 0.0197. The number of carbonyl (C=O) groups excluding carboxylic acids is 1. The second-order valence-electron chi connectivity index (χ2n) is 5.37. The van der Waals surface area contributed by atoms with Crippen LogP contribution < -0.4 is 0 Å². The van der Waals surface area contributed by atoms with Gasteiger partial charge in [-0.25, -0.2) is 8.42 Å². The first-order valence-electron chi connectivity index (χ1n) is 6.41. The van der Waals surface area contributed by atoms with Gasteiger partial charge >= 0.3 is 5.97 Å². The van der Waals surface area contributed by atoms with Crippen LogP contribution in [0.15, 0.2) is 23.1 Å². The normalized spacial score (nSPS) is 17.3. The molecule has 0 heterocycles. The third-order valence-electron chi connectivity index (χ3n) is 3.73. The molecule has 1 N–H and O–H groups in total. The van der Waals surface area contributed by atoms with E-state index in [4.69, 9.17) is 16.7 Å². The molecule has 0 radical (unpaired) electrons. The molecule has 0 spiro atoms. The van der Waals surface area contributed by atoms with Crippen molar-refractivity contribution in [3.8, 4) is 0 Å². The molecule has 0 amide bonds. The first-order chi connectivity index (χ1) is 9.68. The number of carboxylic acid groups (broad SMARTS) is 1. The third kappa shape index (κ3) is 3.63. The molecule has 1 atom stereocenters. The fourth-order valence-corrected chi connectivity index (χ4v) is 3.94. The molecule has 0 aromatic heterocycles. The van der Waals surface area contributed by atoms with Gasteiger partial charge in [-0.2, -0.15) is 0 Å². The van der Waals surface area contributed by atoms with Gasteiger partial charge in [0, 0.05) is 19.1 Å². The Morgan fingerprint density at radius 2 is 2.05 bits per heavy atom. The van der Waals surface area contributed by atoms with E-state index in [9.17, 15) is 18.0 Å². The SMILES string of the molecule is CS(=O)(=O)c1ccc([C@H](CC(=O)O)C2CC(=O)C2)cc1Cl. The average molecular weight is 331 g/mol. The van der Waals surface area contributed by atoms with Crippen molar-refractivity contribution in [1.82, 2.24) is 0 Å². The second kappa shape index (κ2) is 5.77. The van der Waals surface area contributed by atoms with Crippen molar-refractivity contribution in [2.24, 2.45) is 5.92 Å². The highest BCUT2D eigenvalue weighted by Gasteiger charge is 2.35. The molecule has 1 aromatic carbocycles. The van der Waals surface area contributed by atoms with Crippen LogP contribution in [0, 0.1) is 5.92 Å². The van der Waals surface area contributed by atoms with Crippen LogP contribution in [0.25, 0.3) is 0 Å². The van der Waals surface area contributed by atoms with Crippen LogP contribution in [0.1, 0.15) is 30.7 Å². The van der Waals surface area contributed by atoms with Gasteiger partial charge < -0.3 is 5.11 Å². The van der Waals surface area contributed by atoms with Crippen molar-refractivity contribution in [2.75, 3.05) is 6.26 Å². The zero-order valence-corrected chi connectivity index (χ0v) is 12.9. The van der Waals surface area contributed by atoms with Gasteiger partial charge in [-0.05, 0) is 29.5 Å². The van der Waals surface area contributed by atoms with Gasteiger partial charge in [-0.3, -0.25) is 9.59 Å². The molecular formula is C14H15ClO5S. The summed E-state index contributed by atoms with van der Waals surface area (Å²) < 4.78 is 23.1. The molecular weight excluding hydrogens is 316 g/mol. The molecule has 1 fully saturated rings. The zero-order chi connectivity index (χ0) is 15.8. The molecule has 1 aliphatic rings. The van der Waals surface area contributed by atoms with Crippen LogP contribution in [0.5, 0.6) is 0 Å². The van der Waals surface area contributed by atoms with Crippen LogP contribution in [0.4, 0.5) is 0 Å². The largest absolute Gasteiger partial charge is 0.481 e. The first-order valence-corrected chi connectivity index (χ1v) is 8.68. The Bertz CT molecular complexity index is 687. The van der Waals surface area contributed by atoms with E-state index >= 15 is 0 Å². The Balaban J connectivity index is 2.34. The van der Waals surface area contributed by atoms with Crippen molar-refractivity contribution in [3.05, 3.63) is 28.8 Å². The number of sulfone groups is 1. The smallest absolute Gasteiger partial charge is 0.303 e. The molecule has 1 aliphatic carbocycles. The fourth-order valence-electron chi connectivity index (χ4n) is 2.60. The number of carbonyl (C=O) groups is 2. The van der Waals surface area contributed by atoms with Crippen LogP contribution in [0.3, 0.4) is 0 Å². The molecule has 1 saturated carbocycles. The predicted molar refractivity (Wildman–Crippen MR) is 77.3 cm³/mol. The van der Waals surface area contributed by atoms with Gasteiger partial charge in [0.1, 0.15) is 5.78 Å². The van der Waals surface area contributed by atoms with Crippen molar-refractivity contribution >= 4 is 33.2 Å². The van der Waals surface area contributed by atoms with Crippen molar-refractivity contribution < 1.29 is 23.1 Å². The molecule has 0 bridgehead atoms. The van der Waals surface area contributed by atoms with Gasteiger partial charge in [-0.15, -0.1) is 0 Å². The number of halogens is 1. The van der Waals surface area contributed by atoms with E-state index in [1.807, 2.05) is 0 Å². The Morgan fingerprint density at radius 1 is 1.43 bits per heavy atom. The van der Waals surface area contributed by atoms with E-state index in [1.54, 1.807) is 6.07 Å². The van der Waals surface area contributed by atoms with Gasteiger partial charge in [0.15, 0.2) is 9.84 Å². The Morgan fingerprint density at radius 3 is 2.48 bits per heavy atom. The summed E-state index contributed by atoms with van der Waals surface area (Å²) in [5.74, 6) is -1.18. The lowest BCUT2D eigenvalue weighted by atomic mass is 9.71.